The van der Waals surface area contributed by atoms with Crippen LogP contribution in [0.3, 0.4) is 0 Å². The maximum Gasteiger partial charge on any atom is 0.322 e. The molecule has 1 saturated heterocycles. The Balaban J connectivity index is 1.57. The zero-order valence-electron chi connectivity index (χ0n) is 15.4. The molecule has 0 bridgehead atoms. The van der Waals surface area contributed by atoms with E-state index in [0.717, 1.165) is 5.56 Å². The molecule has 1 fully saturated rings. The van der Waals surface area contributed by atoms with Gasteiger partial charge >= 0.3 is 6.03 Å². The standard InChI is InChI=1S/C20H22ClN3O3/c1-14-6-7-18(17(21)12-14)22-20(26)24-10-8-23(9-11-24)19(25)15-4-3-5-16(13-15)27-2/h3-7,12-13H,8-11H2,1-2H3,(H,22,26). The Kier molecular flexibility index (Phi) is 5.86. The Bertz CT molecular complexity index is 848. The number of carbonyl (C=O) groups is 2. The fraction of sp³-hybridized carbons (Fsp3) is 0.300. The van der Waals surface area contributed by atoms with Crippen LogP contribution >= 0.6 is 11.6 Å². The molecule has 142 valence electrons. The number of benzene rings is 2. The van der Waals surface area contributed by atoms with E-state index in [-0.39, 0.29) is 11.9 Å². The molecule has 2 aromatic carbocycles. The van der Waals surface area contributed by atoms with Crippen molar-refractivity contribution in [2.45, 2.75) is 6.92 Å². The molecule has 0 spiro atoms. The van der Waals surface area contributed by atoms with E-state index >= 15 is 0 Å². The van der Waals surface area contributed by atoms with Gasteiger partial charge in [0, 0.05) is 31.7 Å². The van der Waals surface area contributed by atoms with Gasteiger partial charge in [0.05, 0.1) is 17.8 Å². The highest BCUT2D eigenvalue weighted by molar-refractivity contribution is 6.33. The van der Waals surface area contributed by atoms with Crippen LogP contribution in [-0.2, 0) is 0 Å². The molecule has 1 aliphatic rings. The minimum Gasteiger partial charge on any atom is -0.497 e. The van der Waals surface area contributed by atoms with Crippen molar-refractivity contribution in [3.63, 3.8) is 0 Å². The van der Waals surface area contributed by atoms with Crippen molar-refractivity contribution >= 4 is 29.2 Å². The Morgan fingerprint density at radius 3 is 2.41 bits per heavy atom. The lowest BCUT2D eigenvalue weighted by Gasteiger charge is -2.34. The fourth-order valence-electron chi connectivity index (χ4n) is 2.97. The van der Waals surface area contributed by atoms with Crippen LogP contribution < -0.4 is 10.1 Å². The Morgan fingerprint density at radius 1 is 1.04 bits per heavy atom. The number of ether oxygens (including phenoxy) is 1. The fourth-order valence-corrected chi connectivity index (χ4v) is 3.25. The number of rotatable bonds is 3. The number of methoxy groups -OCH3 is 1. The van der Waals surface area contributed by atoms with Gasteiger partial charge in [-0.2, -0.15) is 0 Å². The van der Waals surface area contributed by atoms with Crippen LogP contribution in [0.1, 0.15) is 15.9 Å². The third kappa shape index (κ3) is 4.52. The van der Waals surface area contributed by atoms with E-state index in [1.807, 2.05) is 19.1 Å². The van der Waals surface area contributed by atoms with Crippen LogP contribution in [0.2, 0.25) is 5.02 Å². The normalized spacial score (nSPS) is 14.0. The maximum atomic E-state index is 12.6. The van der Waals surface area contributed by atoms with Crippen LogP contribution in [0, 0.1) is 6.92 Å². The number of nitrogens with one attached hydrogen (secondary N) is 1. The number of carbonyl (C=O) groups excluding carboxylic acids is 2. The molecular formula is C20H22ClN3O3. The zero-order valence-corrected chi connectivity index (χ0v) is 16.1. The summed E-state index contributed by atoms with van der Waals surface area (Å²) in [5.74, 6) is 0.587. The molecule has 27 heavy (non-hydrogen) atoms. The number of urea groups is 1. The van der Waals surface area contributed by atoms with Gasteiger partial charge in [-0.3, -0.25) is 4.79 Å². The topological polar surface area (TPSA) is 61.9 Å². The van der Waals surface area contributed by atoms with Crippen molar-refractivity contribution in [3.05, 3.63) is 58.6 Å². The first-order valence-electron chi connectivity index (χ1n) is 8.73. The minimum atomic E-state index is -0.214. The number of anilines is 1. The highest BCUT2D eigenvalue weighted by Crippen LogP contribution is 2.23. The summed E-state index contributed by atoms with van der Waals surface area (Å²) in [6, 6.07) is 12.4. The first kappa shape index (κ1) is 19.0. The lowest BCUT2D eigenvalue weighted by molar-refractivity contribution is 0.0671. The van der Waals surface area contributed by atoms with Crippen LogP contribution in [0.15, 0.2) is 42.5 Å². The van der Waals surface area contributed by atoms with E-state index in [9.17, 15) is 9.59 Å². The molecule has 1 aliphatic heterocycles. The molecule has 0 aliphatic carbocycles. The lowest BCUT2D eigenvalue weighted by atomic mass is 10.1. The molecule has 3 amide bonds. The van der Waals surface area contributed by atoms with Gasteiger partial charge in [-0.15, -0.1) is 0 Å². The first-order valence-corrected chi connectivity index (χ1v) is 9.11. The molecule has 7 heteroatoms. The number of amides is 3. The molecule has 0 atom stereocenters. The number of hydrogen-bond acceptors (Lipinski definition) is 3. The van der Waals surface area contributed by atoms with Crippen molar-refractivity contribution < 1.29 is 14.3 Å². The summed E-state index contributed by atoms with van der Waals surface area (Å²) < 4.78 is 5.17. The number of halogens is 1. The second-order valence-electron chi connectivity index (χ2n) is 6.42. The summed E-state index contributed by atoms with van der Waals surface area (Å²) in [6.45, 7) is 3.82. The van der Waals surface area contributed by atoms with Gasteiger partial charge < -0.3 is 19.9 Å². The van der Waals surface area contributed by atoms with Gasteiger partial charge in [0.25, 0.3) is 5.91 Å². The summed E-state index contributed by atoms with van der Waals surface area (Å²) in [7, 11) is 1.57. The van der Waals surface area contributed by atoms with Crippen molar-refractivity contribution in [1.82, 2.24) is 9.80 Å². The molecule has 1 heterocycles. The zero-order chi connectivity index (χ0) is 19.4. The third-order valence-electron chi connectivity index (χ3n) is 4.54. The van der Waals surface area contributed by atoms with Crippen LogP contribution in [0.5, 0.6) is 5.75 Å². The highest BCUT2D eigenvalue weighted by Gasteiger charge is 2.25. The molecule has 3 rings (SSSR count). The summed E-state index contributed by atoms with van der Waals surface area (Å²) in [4.78, 5) is 28.6. The van der Waals surface area contributed by atoms with Crippen LogP contribution in [0.25, 0.3) is 0 Å². The van der Waals surface area contributed by atoms with E-state index in [2.05, 4.69) is 5.32 Å². The molecular weight excluding hydrogens is 366 g/mol. The van der Waals surface area contributed by atoms with Gasteiger partial charge in [0.15, 0.2) is 0 Å². The Hall–Kier alpha value is -2.73. The molecule has 0 unspecified atom stereocenters. The van der Waals surface area contributed by atoms with Gasteiger partial charge in [-0.05, 0) is 42.8 Å². The third-order valence-corrected chi connectivity index (χ3v) is 4.85. The predicted molar refractivity (Wildman–Crippen MR) is 106 cm³/mol. The molecule has 2 aromatic rings. The smallest absolute Gasteiger partial charge is 0.322 e. The summed E-state index contributed by atoms with van der Waals surface area (Å²) >= 11 is 6.17. The SMILES string of the molecule is COc1cccc(C(=O)N2CCN(C(=O)Nc3ccc(C)cc3Cl)CC2)c1. The van der Waals surface area contributed by atoms with Crippen LogP contribution in [0.4, 0.5) is 10.5 Å². The molecule has 6 nitrogen and oxygen atoms in total. The Labute approximate surface area is 163 Å². The molecule has 0 aromatic heterocycles. The van der Waals surface area contributed by atoms with E-state index in [1.54, 1.807) is 47.2 Å². The second kappa shape index (κ2) is 8.31. The van der Waals surface area contributed by atoms with E-state index < -0.39 is 0 Å². The lowest BCUT2D eigenvalue weighted by Crippen LogP contribution is -2.51. The average Bonchev–Trinajstić information content (AvgIpc) is 2.69. The van der Waals surface area contributed by atoms with Crippen LogP contribution in [-0.4, -0.2) is 55.0 Å². The Morgan fingerprint density at radius 2 is 1.74 bits per heavy atom. The molecule has 0 radical (unpaired) electrons. The molecule has 0 saturated carbocycles. The van der Waals surface area contributed by atoms with Crippen molar-refractivity contribution in [3.8, 4) is 5.75 Å². The highest BCUT2D eigenvalue weighted by atomic mass is 35.5. The number of nitrogens with zero attached hydrogens (tertiary/aromatic N) is 2. The van der Waals surface area contributed by atoms with E-state index in [4.69, 9.17) is 16.3 Å². The van der Waals surface area contributed by atoms with Gasteiger partial charge in [-0.25, -0.2) is 4.79 Å². The average molecular weight is 388 g/mol. The van der Waals surface area contributed by atoms with Gasteiger partial charge in [0.2, 0.25) is 0 Å². The second-order valence-corrected chi connectivity index (χ2v) is 6.83. The van der Waals surface area contributed by atoms with Gasteiger partial charge in [0.1, 0.15) is 5.75 Å². The largest absolute Gasteiger partial charge is 0.497 e. The first-order chi connectivity index (χ1) is 13.0. The summed E-state index contributed by atoms with van der Waals surface area (Å²) in [5, 5.41) is 3.34. The van der Waals surface area contributed by atoms with Crippen molar-refractivity contribution in [2.75, 3.05) is 38.6 Å². The predicted octanol–water partition coefficient (Wildman–Crippen LogP) is 3.65. The monoisotopic (exact) mass is 387 g/mol. The maximum absolute atomic E-state index is 12.6. The van der Waals surface area contributed by atoms with Crippen molar-refractivity contribution in [2.24, 2.45) is 0 Å². The van der Waals surface area contributed by atoms with E-state index in [1.165, 1.54) is 0 Å². The quantitative estimate of drug-likeness (QED) is 0.874. The number of aryl methyl sites for hydroxylation is 1. The van der Waals surface area contributed by atoms with Gasteiger partial charge in [-0.1, -0.05) is 23.7 Å². The number of piperazine rings is 1. The van der Waals surface area contributed by atoms with Crippen molar-refractivity contribution in [1.29, 1.82) is 0 Å². The molecule has 1 N–H and O–H groups in total. The van der Waals surface area contributed by atoms with E-state index in [0.29, 0.717) is 48.2 Å². The summed E-state index contributed by atoms with van der Waals surface area (Å²) in [5.41, 5.74) is 2.20. The minimum absolute atomic E-state index is 0.0597. The number of hydrogen-bond donors (Lipinski definition) is 1. The summed E-state index contributed by atoms with van der Waals surface area (Å²) in [6.07, 6.45) is 0.